The number of hydrogen-bond donors (Lipinski definition) is 1. The van der Waals surface area contributed by atoms with Crippen molar-refractivity contribution in [3.63, 3.8) is 0 Å². The summed E-state index contributed by atoms with van der Waals surface area (Å²) >= 11 is 0. The summed E-state index contributed by atoms with van der Waals surface area (Å²) in [6.07, 6.45) is 2.02. The number of nitrogens with zero attached hydrogens (tertiary/aromatic N) is 1. The second kappa shape index (κ2) is 6.68. The van der Waals surface area contributed by atoms with Crippen molar-refractivity contribution in [2.45, 2.75) is 38.8 Å². The van der Waals surface area contributed by atoms with Gasteiger partial charge in [-0.25, -0.2) is 8.42 Å². The minimum absolute atomic E-state index is 0.0171. The van der Waals surface area contributed by atoms with Crippen LogP contribution in [0.3, 0.4) is 0 Å². The average molecular weight is 264 g/mol. The molecule has 0 aromatic rings. The summed E-state index contributed by atoms with van der Waals surface area (Å²) in [5, 5.41) is 3.23. The monoisotopic (exact) mass is 264 g/mol. The topological polar surface area (TPSA) is 58.6 Å². The van der Waals surface area contributed by atoms with Crippen molar-refractivity contribution in [2.24, 2.45) is 0 Å². The lowest BCUT2D eigenvalue weighted by Crippen LogP contribution is -2.44. The van der Waals surface area contributed by atoms with Crippen molar-refractivity contribution in [3.8, 4) is 0 Å². The van der Waals surface area contributed by atoms with Gasteiger partial charge in [-0.3, -0.25) is 0 Å². The molecule has 5 nitrogen and oxygen atoms in total. The second-order valence-corrected chi connectivity index (χ2v) is 6.74. The standard InChI is InChI=1S/C11H24N2O3S/c1-10(2)13(7-8-16-3)17(14,15)9-11-5-4-6-12-11/h10-12H,4-9H2,1-3H3. The zero-order valence-electron chi connectivity index (χ0n) is 11.0. The maximum absolute atomic E-state index is 12.3. The maximum atomic E-state index is 12.3. The van der Waals surface area contributed by atoms with Crippen LogP contribution in [0.25, 0.3) is 0 Å². The fourth-order valence-corrected chi connectivity index (χ4v) is 4.13. The Morgan fingerprint density at radius 1 is 1.47 bits per heavy atom. The van der Waals surface area contributed by atoms with Crippen LogP contribution in [0.5, 0.6) is 0 Å². The molecule has 0 spiro atoms. The first-order chi connectivity index (χ1) is 7.97. The molecular formula is C11H24N2O3S. The second-order valence-electron chi connectivity index (χ2n) is 4.77. The normalized spacial score (nSPS) is 21.6. The zero-order valence-corrected chi connectivity index (χ0v) is 11.8. The van der Waals surface area contributed by atoms with E-state index in [1.54, 1.807) is 7.11 Å². The fraction of sp³-hybridized carbons (Fsp3) is 1.00. The van der Waals surface area contributed by atoms with Crippen LogP contribution in [0.1, 0.15) is 26.7 Å². The molecule has 0 bridgehead atoms. The molecule has 0 aliphatic carbocycles. The smallest absolute Gasteiger partial charge is 0.215 e. The van der Waals surface area contributed by atoms with Gasteiger partial charge in [-0.05, 0) is 33.2 Å². The molecule has 102 valence electrons. The molecule has 1 atom stereocenters. The molecule has 1 rings (SSSR count). The molecule has 1 N–H and O–H groups in total. The van der Waals surface area contributed by atoms with E-state index in [0.717, 1.165) is 19.4 Å². The molecule has 0 aromatic carbocycles. The Morgan fingerprint density at radius 2 is 2.18 bits per heavy atom. The average Bonchev–Trinajstić information content (AvgIpc) is 2.69. The Kier molecular flexibility index (Phi) is 5.85. The van der Waals surface area contributed by atoms with Crippen LogP contribution in [0.2, 0.25) is 0 Å². The van der Waals surface area contributed by atoms with E-state index >= 15 is 0 Å². The SMILES string of the molecule is COCCN(C(C)C)S(=O)(=O)CC1CCCN1. The summed E-state index contributed by atoms with van der Waals surface area (Å²) in [6.45, 7) is 5.60. The maximum Gasteiger partial charge on any atom is 0.215 e. The highest BCUT2D eigenvalue weighted by Crippen LogP contribution is 2.13. The summed E-state index contributed by atoms with van der Waals surface area (Å²) in [4.78, 5) is 0. The summed E-state index contributed by atoms with van der Waals surface area (Å²) in [5.41, 5.74) is 0. The summed E-state index contributed by atoms with van der Waals surface area (Å²) in [6, 6.07) is 0.0975. The van der Waals surface area contributed by atoms with E-state index in [2.05, 4.69) is 5.32 Å². The molecule has 1 fully saturated rings. The lowest BCUT2D eigenvalue weighted by Gasteiger charge is -2.27. The lowest BCUT2D eigenvalue weighted by molar-refractivity contribution is 0.170. The molecule has 0 aromatic heterocycles. The Bertz CT molecular complexity index is 311. The predicted octanol–water partition coefficient (Wildman–Crippen LogP) is 0.425. The third-order valence-corrected chi connectivity index (χ3v) is 5.17. The van der Waals surface area contributed by atoms with E-state index in [-0.39, 0.29) is 17.8 Å². The summed E-state index contributed by atoms with van der Waals surface area (Å²) in [5.74, 6) is 0.203. The van der Waals surface area contributed by atoms with Gasteiger partial charge >= 0.3 is 0 Å². The van der Waals surface area contributed by atoms with Crippen LogP contribution in [-0.4, -0.2) is 57.4 Å². The molecule has 1 unspecified atom stereocenters. The van der Waals surface area contributed by atoms with Gasteiger partial charge in [0.2, 0.25) is 10.0 Å². The highest BCUT2D eigenvalue weighted by molar-refractivity contribution is 7.89. The van der Waals surface area contributed by atoms with E-state index in [4.69, 9.17) is 4.74 Å². The van der Waals surface area contributed by atoms with Gasteiger partial charge in [0.15, 0.2) is 0 Å². The van der Waals surface area contributed by atoms with Crippen LogP contribution < -0.4 is 5.32 Å². The molecule has 1 heterocycles. The van der Waals surface area contributed by atoms with Crippen molar-refractivity contribution in [2.75, 3.05) is 32.6 Å². The van der Waals surface area contributed by atoms with Crippen LogP contribution in [0, 0.1) is 0 Å². The van der Waals surface area contributed by atoms with E-state index in [1.165, 1.54) is 4.31 Å². The Hall–Kier alpha value is -0.170. The quantitative estimate of drug-likeness (QED) is 0.724. The van der Waals surface area contributed by atoms with Gasteiger partial charge in [-0.1, -0.05) is 0 Å². The van der Waals surface area contributed by atoms with Gasteiger partial charge in [-0.15, -0.1) is 0 Å². The van der Waals surface area contributed by atoms with Gasteiger partial charge in [0.05, 0.1) is 12.4 Å². The molecule has 0 radical (unpaired) electrons. The van der Waals surface area contributed by atoms with E-state index in [0.29, 0.717) is 13.2 Å². The molecule has 0 amide bonds. The van der Waals surface area contributed by atoms with Crippen LogP contribution in [0.15, 0.2) is 0 Å². The lowest BCUT2D eigenvalue weighted by atomic mass is 10.3. The van der Waals surface area contributed by atoms with Crippen molar-refractivity contribution in [3.05, 3.63) is 0 Å². The van der Waals surface area contributed by atoms with Gasteiger partial charge in [-0.2, -0.15) is 4.31 Å². The number of sulfonamides is 1. The number of methoxy groups -OCH3 is 1. The summed E-state index contributed by atoms with van der Waals surface area (Å²) < 4.78 is 31.0. The van der Waals surface area contributed by atoms with Crippen LogP contribution >= 0.6 is 0 Å². The minimum Gasteiger partial charge on any atom is -0.383 e. The minimum atomic E-state index is -3.19. The van der Waals surface area contributed by atoms with Crippen molar-refractivity contribution >= 4 is 10.0 Å². The van der Waals surface area contributed by atoms with E-state index < -0.39 is 10.0 Å². The summed E-state index contributed by atoms with van der Waals surface area (Å²) in [7, 11) is -1.60. The highest BCUT2D eigenvalue weighted by atomic mass is 32.2. The van der Waals surface area contributed by atoms with Gasteiger partial charge in [0.1, 0.15) is 0 Å². The third-order valence-electron chi connectivity index (χ3n) is 3.02. The molecule has 1 aliphatic heterocycles. The van der Waals surface area contributed by atoms with Crippen molar-refractivity contribution in [1.29, 1.82) is 0 Å². The van der Waals surface area contributed by atoms with Crippen LogP contribution in [-0.2, 0) is 14.8 Å². The third kappa shape index (κ3) is 4.54. The molecular weight excluding hydrogens is 240 g/mol. The molecule has 1 saturated heterocycles. The van der Waals surface area contributed by atoms with Gasteiger partial charge < -0.3 is 10.1 Å². The Balaban J connectivity index is 2.62. The van der Waals surface area contributed by atoms with E-state index in [9.17, 15) is 8.42 Å². The first-order valence-corrected chi connectivity index (χ1v) is 7.80. The predicted molar refractivity (Wildman–Crippen MR) is 68.5 cm³/mol. The Labute approximate surface area is 105 Å². The molecule has 6 heteroatoms. The number of hydrogen-bond acceptors (Lipinski definition) is 4. The number of ether oxygens (including phenoxy) is 1. The molecule has 1 aliphatic rings. The van der Waals surface area contributed by atoms with E-state index in [1.807, 2.05) is 13.8 Å². The number of nitrogens with one attached hydrogen (secondary N) is 1. The van der Waals surface area contributed by atoms with Gasteiger partial charge in [0, 0.05) is 25.7 Å². The Morgan fingerprint density at radius 3 is 2.65 bits per heavy atom. The number of rotatable bonds is 7. The highest BCUT2D eigenvalue weighted by Gasteiger charge is 2.29. The fourth-order valence-electron chi connectivity index (χ4n) is 2.15. The van der Waals surface area contributed by atoms with Crippen LogP contribution in [0.4, 0.5) is 0 Å². The zero-order chi connectivity index (χ0) is 12.9. The van der Waals surface area contributed by atoms with Gasteiger partial charge in [0.25, 0.3) is 0 Å². The molecule has 0 saturated carbocycles. The first-order valence-electron chi connectivity index (χ1n) is 6.19. The van der Waals surface area contributed by atoms with Crippen molar-refractivity contribution in [1.82, 2.24) is 9.62 Å². The largest absolute Gasteiger partial charge is 0.383 e. The molecule has 17 heavy (non-hydrogen) atoms. The first kappa shape index (κ1) is 14.9. The van der Waals surface area contributed by atoms with Crippen molar-refractivity contribution < 1.29 is 13.2 Å².